The van der Waals surface area contributed by atoms with Crippen molar-refractivity contribution in [1.29, 1.82) is 0 Å². The van der Waals surface area contributed by atoms with Gasteiger partial charge in [-0.1, -0.05) is 12.1 Å². The molecule has 0 bridgehead atoms. The Morgan fingerprint density at radius 2 is 2.14 bits per heavy atom. The molecule has 5 nitrogen and oxygen atoms in total. The Kier molecular flexibility index (Phi) is 3.91. The largest absolute Gasteiger partial charge is 0.377 e. The summed E-state index contributed by atoms with van der Waals surface area (Å²) in [6.07, 6.45) is 8.92. The second-order valence-electron chi connectivity index (χ2n) is 4.90. The molecule has 2 aromatic heterocycles. The minimum atomic E-state index is 0.110. The summed E-state index contributed by atoms with van der Waals surface area (Å²) >= 11 is 0. The topological polar surface area (TPSA) is 55.6 Å². The van der Waals surface area contributed by atoms with Crippen molar-refractivity contribution in [2.45, 2.75) is 19.5 Å². The van der Waals surface area contributed by atoms with Crippen LogP contribution >= 0.6 is 0 Å². The molecule has 106 valence electrons. The SMILES string of the molecule is CC(Nc1cccc(Cn2cccn2)c1)c1cnccn1. The number of nitrogens with zero attached hydrogens (tertiary/aromatic N) is 4. The van der Waals surface area contributed by atoms with Crippen LogP contribution in [0.5, 0.6) is 0 Å². The fourth-order valence-electron chi connectivity index (χ4n) is 2.20. The normalized spacial score (nSPS) is 12.0. The number of hydrogen-bond donors (Lipinski definition) is 1. The fourth-order valence-corrected chi connectivity index (χ4v) is 2.20. The molecule has 3 aromatic rings. The summed E-state index contributed by atoms with van der Waals surface area (Å²) in [7, 11) is 0. The van der Waals surface area contributed by atoms with Gasteiger partial charge in [-0.25, -0.2) is 0 Å². The molecular weight excluding hydrogens is 262 g/mol. The predicted molar refractivity (Wildman–Crippen MR) is 81.8 cm³/mol. The Bertz CT molecular complexity index is 679. The minimum absolute atomic E-state index is 0.110. The maximum absolute atomic E-state index is 4.32. The predicted octanol–water partition coefficient (Wildman–Crippen LogP) is 2.89. The van der Waals surface area contributed by atoms with Crippen molar-refractivity contribution in [2.75, 3.05) is 5.32 Å². The maximum atomic E-state index is 4.32. The zero-order valence-corrected chi connectivity index (χ0v) is 11.8. The van der Waals surface area contributed by atoms with Crippen LogP contribution in [0.15, 0.2) is 61.3 Å². The summed E-state index contributed by atoms with van der Waals surface area (Å²) in [6.45, 7) is 2.84. The average Bonchev–Trinajstić information content (AvgIpc) is 3.01. The third kappa shape index (κ3) is 3.45. The molecule has 1 unspecified atom stereocenters. The van der Waals surface area contributed by atoms with Crippen molar-refractivity contribution >= 4 is 5.69 Å². The van der Waals surface area contributed by atoms with E-state index < -0.39 is 0 Å². The van der Waals surface area contributed by atoms with Crippen LogP contribution in [0.2, 0.25) is 0 Å². The van der Waals surface area contributed by atoms with E-state index in [0.717, 1.165) is 17.9 Å². The van der Waals surface area contributed by atoms with Crippen molar-refractivity contribution < 1.29 is 0 Å². The summed E-state index contributed by atoms with van der Waals surface area (Å²) < 4.78 is 1.91. The number of anilines is 1. The Labute approximate surface area is 123 Å². The Balaban J connectivity index is 1.71. The molecular formula is C16H17N5. The third-order valence-corrected chi connectivity index (χ3v) is 3.24. The van der Waals surface area contributed by atoms with Crippen LogP contribution in [0, 0.1) is 0 Å². The van der Waals surface area contributed by atoms with Crippen LogP contribution in [0.4, 0.5) is 5.69 Å². The van der Waals surface area contributed by atoms with E-state index in [-0.39, 0.29) is 6.04 Å². The van der Waals surface area contributed by atoms with Gasteiger partial charge in [-0.15, -0.1) is 0 Å². The number of aromatic nitrogens is 4. The summed E-state index contributed by atoms with van der Waals surface area (Å²) in [4.78, 5) is 8.42. The molecule has 0 radical (unpaired) electrons. The van der Waals surface area contributed by atoms with Crippen LogP contribution in [0.3, 0.4) is 0 Å². The Morgan fingerprint density at radius 1 is 1.19 bits per heavy atom. The van der Waals surface area contributed by atoms with Gasteiger partial charge >= 0.3 is 0 Å². The van der Waals surface area contributed by atoms with Crippen LogP contribution in [0.1, 0.15) is 24.2 Å². The Morgan fingerprint density at radius 3 is 2.90 bits per heavy atom. The van der Waals surface area contributed by atoms with Crippen LogP contribution in [0.25, 0.3) is 0 Å². The minimum Gasteiger partial charge on any atom is -0.377 e. The van der Waals surface area contributed by atoms with Gasteiger partial charge in [0.1, 0.15) is 0 Å². The highest BCUT2D eigenvalue weighted by molar-refractivity contribution is 5.47. The molecule has 0 saturated heterocycles. The first-order valence-corrected chi connectivity index (χ1v) is 6.90. The van der Waals surface area contributed by atoms with E-state index >= 15 is 0 Å². The fraction of sp³-hybridized carbons (Fsp3) is 0.188. The molecule has 3 rings (SSSR count). The molecule has 5 heteroatoms. The first kappa shape index (κ1) is 13.3. The van der Waals surface area contributed by atoms with Crippen molar-refractivity contribution in [1.82, 2.24) is 19.7 Å². The molecule has 0 aliphatic rings. The van der Waals surface area contributed by atoms with Gasteiger partial charge in [0.15, 0.2) is 0 Å². The highest BCUT2D eigenvalue weighted by atomic mass is 15.3. The lowest BCUT2D eigenvalue weighted by Gasteiger charge is -2.15. The molecule has 1 atom stereocenters. The molecule has 1 aromatic carbocycles. The summed E-state index contributed by atoms with van der Waals surface area (Å²) in [5.41, 5.74) is 3.20. The van der Waals surface area contributed by atoms with Crippen molar-refractivity contribution in [3.8, 4) is 0 Å². The van der Waals surface area contributed by atoms with Gasteiger partial charge in [0, 0.05) is 30.5 Å². The number of nitrogens with one attached hydrogen (secondary N) is 1. The first-order valence-electron chi connectivity index (χ1n) is 6.90. The zero-order valence-electron chi connectivity index (χ0n) is 11.8. The van der Waals surface area contributed by atoms with E-state index in [1.807, 2.05) is 23.0 Å². The van der Waals surface area contributed by atoms with E-state index in [1.54, 1.807) is 24.8 Å². The molecule has 2 heterocycles. The van der Waals surface area contributed by atoms with Crippen molar-refractivity contribution in [3.05, 3.63) is 72.6 Å². The summed E-state index contributed by atoms with van der Waals surface area (Å²) in [6, 6.07) is 10.4. The monoisotopic (exact) mass is 279 g/mol. The van der Waals surface area contributed by atoms with Gasteiger partial charge in [0.2, 0.25) is 0 Å². The average molecular weight is 279 g/mol. The molecule has 0 fully saturated rings. The molecule has 0 aliphatic heterocycles. The molecule has 0 saturated carbocycles. The lowest BCUT2D eigenvalue weighted by molar-refractivity contribution is 0.687. The van der Waals surface area contributed by atoms with Gasteiger partial charge in [0.05, 0.1) is 24.5 Å². The second-order valence-corrected chi connectivity index (χ2v) is 4.90. The standard InChI is InChI=1S/C16H17N5/c1-13(16-11-17-7-8-18-16)20-15-5-2-4-14(10-15)12-21-9-3-6-19-21/h2-11,13,20H,12H2,1H3. The highest BCUT2D eigenvalue weighted by Crippen LogP contribution is 2.18. The zero-order chi connectivity index (χ0) is 14.5. The number of benzene rings is 1. The Hall–Kier alpha value is -2.69. The molecule has 0 aliphatic carbocycles. The molecule has 21 heavy (non-hydrogen) atoms. The number of hydrogen-bond acceptors (Lipinski definition) is 4. The number of rotatable bonds is 5. The van der Waals surface area contributed by atoms with Crippen molar-refractivity contribution in [3.63, 3.8) is 0 Å². The summed E-state index contributed by atoms with van der Waals surface area (Å²) in [5, 5.41) is 7.67. The van der Waals surface area contributed by atoms with E-state index in [0.29, 0.717) is 0 Å². The van der Waals surface area contributed by atoms with Gasteiger partial charge in [0.25, 0.3) is 0 Å². The maximum Gasteiger partial charge on any atom is 0.0806 e. The first-order chi connectivity index (χ1) is 10.3. The van der Waals surface area contributed by atoms with Crippen LogP contribution in [-0.2, 0) is 6.54 Å². The van der Waals surface area contributed by atoms with Gasteiger partial charge < -0.3 is 5.32 Å². The lowest BCUT2D eigenvalue weighted by Crippen LogP contribution is -2.09. The molecule has 1 N–H and O–H groups in total. The smallest absolute Gasteiger partial charge is 0.0806 e. The van der Waals surface area contributed by atoms with E-state index in [4.69, 9.17) is 0 Å². The summed E-state index contributed by atoms with van der Waals surface area (Å²) in [5.74, 6) is 0. The van der Waals surface area contributed by atoms with Crippen molar-refractivity contribution in [2.24, 2.45) is 0 Å². The van der Waals surface area contributed by atoms with Crippen LogP contribution < -0.4 is 5.32 Å². The quantitative estimate of drug-likeness (QED) is 0.780. The van der Waals surface area contributed by atoms with E-state index in [2.05, 4.69) is 45.5 Å². The molecule has 0 amide bonds. The van der Waals surface area contributed by atoms with E-state index in [9.17, 15) is 0 Å². The van der Waals surface area contributed by atoms with Gasteiger partial charge in [-0.05, 0) is 30.7 Å². The third-order valence-electron chi connectivity index (χ3n) is 3.24. The van der Waals surface area contributed by atoms with Gasteiger partial charge in [-0.2, -0.15) is 5.10 Å². The highest BCUT2D eigenvalue weighted by Gasteiger charge is 2.07. The van der Waals surface area contributed by atoms with Gasteiger partial charge in [-0.3, -0.25) is 14.6 Å². The molecule has 0 spiro atoms. The van der Waals surface area contributed by atoms with Crippen LogP contribution in [-0.4, -0.2) is 19.7 Å². The lowest BCUT2D eigenvalue weighted by atomic mass is 10.1. The van der Waals surface area contributed by atoms with E-state index in [1.165, 1.54) is 5.56 Å². The second kappa shape index (κ2) is 6.17.